The van der Waals surface area contributed by atoms with Crippen LogP contribution >= 0.6 is 0 Å². The molecule has 5 nitrogen and oxygen atoms in total. The molecule has 0 amide bonds. The van der Waals surface area contributed by atoms with Crippen molar-refractivity contribution in [2.75, 3.05) is 14.2 Å². The Morgan fingerprint density at radius 2 is 2.09 bits per heavy atom. The van der Waals surface area contributed by atoms with Gasteiger partial charge in [-0.1, -0.05) is 13.8 Å². The zero-order chi connectivity index (χ0) is 16.6. The van der Waals surface area contributed by atoms with Crippen molar-refractivity contribution in [3.63, 3.8) is 0 Å². The van der Waals surface area contributed by atoms with E-state index in [0.29, 0.717) is 12.8 Å². The highest BCUT2D eigenvalue weighted by atomic mass is 16.5. The molecule has 0 spiro atoms. The number of ketones is 1. The first-order valence-electron chi connectivity index (χ1n) is 7.99. The Morgan fingerprint density at radius 1 is 1.30 bits per heavy atom. The van der Waals surface area contributed by atoms with Crippen LogP contribution in [0, 0.1) is 11.3 Å². The zero-order valence-electron chi connectivity index (χ0n) is 14.2. The standard InChI is InChI=1S/C18H24N2O3/c1-18(2)9-14-17(15(21)10-18)13(19-20-14)8-11-7-12(22-3)5-6-16(11)23-4/h5-7,14,17,20H,8-10H2,1-4H3. The lowest BCUT2D eigenvalue weighted by Gasteiger charge is -2.36. The molecule has 1 heterocycles. The van der Waals surface area contributed by atoms with E-state index in [0.717, 1.165) is 29.2 Å². The Balaban J connectivity index is 1.83. The fraction of sp³-hybridized carbons (Fsp3) is 0.556. The zero-order valence-corrected chi connectivity index (χ0v) is 14.2. The molecular weight excluding hydrogens is 292 g/mol. The van der Waals surface area contributed by atoms with Crippen LogP contribution in [0.4, 0.5) is 0 Å². The molecule has 1 aromatic carbocycles. The maximum atomic E-state index is 12.6. The Morgan fingerprint density at radius 3 is 2.78 bits per heavy atom. The van der Waals surface area contributed by atoms with E-state index in [2.05, 4.69) is 24.4 Å². The second-order valence-electron chi connectivity index (χ2n) is 7.18. The number of Topliss-reactive ketones (excluding diaryl/α,β-unsaturated/α-hetero) is 1. The molecule has 0 saturated heterocycles. The lowest BCUT2D eigenvalue weighted by molar-refractivity contribution is -0.126. The van der Waals surface area contributed by atoms with Crippen LogP contribution in [-0.4, -0.2) is 31.8 Å². The van der Waals surface area contributed by atoms with Crippen molar-refractivity contribution in [3.05, 3.63) is 23.8 Å². The molecule has 1 N–H and O–H groups in total. The minimum absolute atomic E-state index is 0.0455. The molecule has 0 bridgehead atoms. The molecular formula is C18H24N2O3. The van der Waals surface area contributed by atoms with Crippen LogP contribution in [0.3, 0.4) is 0 Å². The van der Waals surface area contributed by atoms with Crippen LogP contribution in [0.2, 0.25) is 0 Å². The summed E-state index contributed by atoms with van der Waals surface area (Å²) in [5.74, 6) is 1.75. The fourth-order valence-corrected chi connectivity index (χ4v) is 3.73. The minimum atomic E-state index is -0.112. The summed E-state index contributed by atoms with van der Waals surface area (Å²) >= 11 is 0. The number of hydrazone groups is 1. The van der Waals surface area contributed by atoms with Crippen molar-refractivity contribution in [2.24, 2.45) is 16.4 Å². The van der Waals surface area contributed by atoms with Crippen LogP contribution in [-0.2, 0) is 11.2 Å². The summed E-state index contributed by atoms with van der Waals surface area (Å²) in [5.41, 5.74) is 5.12. The first-order valence-corrected chi connectivity index (χ1v) is 7.99. The molecule has 23 heavy (non-hydrogen) atoms. The number of nitrogens with one attached hydrogen (secondary N) is 1. The third-order valence-electron chi connectivity index (χ3n) is 4.77. The molecule has 1 aromatic rings. The quantitative estimate of drug-likeness (QED) is 0.927. The average molecular weight is 316 g/mol. The predicted molar refractivity (Wildman–Crippen MR) is 89.1 cm³/mol. The van der Waals surface area contributed by atoms with Gasteiger partial charge in [0.05, 0.1) is 31.9 Å². The summed E-state index contributed by atoms with van der Waals surface area (Å²) < 4.78 is 10.7. The number of hydrogen-bond donors (Lipinski definition) is 1. The van der Waals surface area contributed by atoms with E-state index < -0.39 is 0 Å². The van der Waals surface area contributed by atoms with E-state index in [1.165, 1.54) is 0 Å². The largest absolute Gasteiger partial charge is 0.497 e. The van der Waals surface area contributed by atoms with Gasteiger partial charge in [-0.25, -0.2) is 0 Å². The molecule has 0 aromatic heterocycles. The summed E-state index contributed by atoms with van der Waals surface area (Å²) in [6.07, 6.45) is 2.18. The van der Waals surface area contributed by atoms with Crippen LogP contribution in [0.1, 0.15) is 32.3 Å². The maximum absolute atomic E-state index is 12.6. The summed E-state index contributed by atoms with van der Waals surface area (Å²) in [4.78, 5) is 12.6. The van der Waals surface area contributed by atoms with Gasteiger partial charge in [0.25, 0.3) is 0 Å². The molecule has 2 aliphatic rings. The van der Waals surface area contributed by atoms with E-state index in [1.807, 2.05) is 18.2 Å². The van der Waals surface area contributed by atoms with Crippen molar-refractivity contribution in [3.8, 4) is 11.5 Å². The van der Waals surface area contributed by atoms with Crippen LogP contribution in [0.15, 0.2) is 23.3 Å². The maximum Gasteiger partial charge on any atom is 0.144 e. The van der Waals surface area contributed by atoms with E-state index in [1.54, 1.807) is 14.2 Å². The molecule has 0 radical (unpaired) electrons. The van der Waals surface area contributed by atoms with Gasteiger partial charge in [-0.15, -0.1) is 0 Å². The van der Waals surface area contributed by atoms with Crippen molar-refractivity contribution in [1.29, 1.82) is 0 Å². The lowest BCUT2D eigenvalue weighted by Crippen LogP contribution is -2.45. The Hall–Kier alpha value is -2.04. The molecule has 2 unspecified atom stereocenters. The van der Waals surface area contributed by atoms with Crippen LogP contribution in [0.5, 0.6) is 11.5 Å². The third kappa shape index (κ3) is 3.05. The molecule has 124 valence electrons. The van der Waals surface area contributed by atoms with Gasteiger partial charge in [-0.05, 0) is 30.0 Å². The monoisotopic (exact) mass is 316 g/mol. The van der Waals surface area contributed by atoms with Gasteiger partial charge in [-0.2, -0.15) is 5.10 Å². The number of fused-ring (bicyclic) bond motifs is 1. The van der Waals surface area contributed by atoms with Gasteiger partial charge < -0.3 is 14.9 Å². The first kappa shape index (κ1) is 15.8. The molecule has 1 aliphatic carbocycles. The number of carbonyl (C=O) groups excluding carboxylic acids is 1. The van der Waals surface area contributed by atoms with Gasteiger partial charge in [-0.3, -0.25) is 4.79 Å². The SMILES string of the molecule is COc1ccc(OC)c(CC2=NNC3CC(C)(C)CC(=O)C23)c1. The van der Waals surface area contributed by atoms with E-state index in [-0.39, 0.29) is 23.2 Å². The third-order valence-corrected chi connectivity index (χ3v) is 4.77. The Kier molecular flexibility index (Phi) is 4.04. The summed E-state index contributed by atoms with van der Waals surface area (Å²) in [5, 5.41) is 4.47. The summed E-state index contributed by atoms with van der Waals surface area (Å²) in [6.45, 7) is 4.29. The second kappa shape index (κ2) is 5.87. The Labute approximate surface area is 137 Å². The number of carbonyl (C=O) groups is 1. The topological polar surface area (TPSA) is 59.9 Å². The number of hydrogen-bond acceptors (Lipinski definition) is 5. The molecule has 1 fully saturated rings. The average Bonchev–Trinajstić information content (AvgIpc) is 2.88. The minimum Gasteiger partial charge on any atom is -0.497 e. The number of ether oxygens (including phenoxy) is 2. The van der Waals surface area contributed by atoms with Gasteiger partial charge in [0.1, 0.15) is 17.3 Å². The normalized spacial score (nSPS) is 25.4. The van der Waals surface area contributed by atoms with Gasteiger partial charge in [0.15, 0.2) is 0 Å². The van der Waals surface area contributed by atoms with Crippen molar-refractivity contribution < 1.29 is 14.3 Å². The van der Waals surface area contributed by atoms with Crippen molar-refractivity contribution >= 4 is 11.5 Å². The van der Waals surface area contributed by atoms with Crippen molar-refractivity contribution in [1.82, 2.24) is 5.43 Å². The molecule has 3 rings (SSSR count). The predicted octanol–water partition coefficient (Wildman–Crippen LogP) is 2.58. The molecule has 2 atom stereocenters. The number of benzene rings is 1. The summed E-state index contributed by atoms with van der Waals surface area (Å²) in [7, 11) is 3.29. The van der Waals surface area contributed by atoms with Gasteiger partial charge in [0, 0.05) is 18.4 Å². The number of methoxy groups -OCH3 is 2. The lowest BCUT2D eigenvalue weighted by atomic mass is 9.68. The molecule has 1 saturated carbocycles. The van der Waals surface area contributed by atoms with Crippen LogP contribution < -0.4 is 14.9 Å². The first-order chi connectivity index (χ1) is 10.9. The van der Waals surface area contributed by atoms with Gasteiger partial charge in [0.2, 0.25) is 0 Å². The highest BCUT2D eigenvalue weighted by Gasteiger charge is 2.45. The van der Waals surface area contributed by atoms with Gasteiger partial charge >= 0.3 is 0 Å². The molecule has 1 aliphatic heterocycles. The van der Waals surface area contributed by atoms with Crippen molar-refractivity contribution in [2.45, 2.75) is 39.2 Å². The highest BCUT2D eigenvalue weighted by Crippen LogP contribution is 2.39. The van der Waals surface area contributed by atoms with E-state index in [4.69, 9.17) is 9.47 Å². The van der Waals surface area contributed by atoms with E-state index >= 15 is 0 Å². The molecule has 5 heteroatoms. The smallest absolute Gasteiger partial charge is 0.144 e. The second-order valence-corrected chi connectivity index (χ2v) is 7.18. The highest BCUT2D eigenvalue weighted by molar-refractivity contribution is 6.08. The van der Waals surface area contributed by atoms with Crippen LogP contribution in [0.25, 0.3) is 0 Å². The van der Waals surface area contributed by atoms with E-state index in [9.17, 15) is 4.79 Å². The summed E-state index contributed by atoms with van der Waals surface area (Å²) in [6, 6.07) is 5.83. The Bertz CT molecular complexity index is 652. The number of rotatable bonds is 4. The fourth-order valence-electron chi connectivity index (χ4n) is 3.73. The number of nitrogens with zero attached hydrogens (tertiary/aromatic N) is 1.